The van der Waals surface area contributed by atoms with Gasteiger partial charge in [0.1, 0.15) is 0 Å². The molecule has 5 nitrogen and oxygen atoms in total. The van der Waals surface area contributed by atoms with Crippen LogP contribution in [0.25, 0.3) is 0 Å². The van der Waals surface area contributed by atoms with E-state index < -0.39 is 10.2 Å². The van der Waals surface area contributed by atoms with E-state index >= 15 is 0 Å². The summed E-state index contributed by atoms with van der Waals surface area (Å²) in [5.41, 5.74) is 1.99. The second-order valence-corrected chi connectivity index (χ2v) is 7.37. The highest BCUT2D eigenvalue weighted by Crippen LogP contribution is 2.30. The van der Waals surface area contributed by atoms with Gasteiger partial charge < -0.3 is 4.90 Å². The van der Waals surface area contributed by atoms with Gasteiger partial charge in [0.15, 0.2) is 0 Å². The number of piperazine rings is 1. The molecule has 6 heteroatoms. The number of benzene rings is 1. The minimum absolute atomic E-state index is 0.581. The number of aryl methyl sites for hydroxylation is 1. The number of hydrogen-bond acceptors (Lipinski definition) is 3. The molecule has 2 aliphatic rings. The molecule has 1 aromatic rings. The molecule has 3 rings (SSSR count). The van der Waals surface area contributed by atoms with Crippen molar-refractivity contribution in [2.45, 2.75) is 12.8 Å². The molecular formula is C14H21N3O2S. The standard InChI is InChI=1S/C14H21N3O2S/c1-15-9-11-16(12-10-15)20(18,19)17-8-4-6-13-5-2-3-7-14(13)17/h2-3,5,7H,4,6,8-12H2,1H3. The highest BCUT2D eigenvalue weighted by atomic mass is 32.2. The van der Waals surface area contributed by atoms with E-state index in [2.05, 4.69) is 4.90 Å². The molecule has 0 radical (unpaired) electrons. The Balaban J connectivity index is 1.89. The molecule has 1 aromatic carbocycles. The fourth-order valence-electron chi connectivity index (χ4n) is 2.90. The van der Waals surface area contributed by atoms with Crippen molar-refractivity contribution in [2.24, 2.45) is 0 Å². The predicted octanol–water partition coefficient (Wildman–Crippen LogP) is 0.931. The lowest BCUT2D eigenvalue weighted by Gasteiger charge is -2.38. The maximum atomic E-state index is 12.8. The van der Waals surface area contributed by atoms with Gasteiger partial charge >= 0.3 is 10.2 Å². The number of rotatable bonds is 2. The predicted molar refractivity (Wildman–Crippen MR) is 80.1 cm³/mol. The molecule has 0 amide bonds. The number of para-hydroxylation sites is 1. The largest absolute Gasteiger partial charge is 0.304 e. The normalized spacial score (nSPS) is 21.8. The van der Waals surface area contributed by atoms with Crippen LogP contribution < -0.4 is 4.31 Å². The highest BCUT2D eigenvalue weighted by Gasteiger charge is 2.34. The monoisotopic (exact) mass is 295 g/mol. The summed E-state index contributed by atoms with van der Waals surface area (Å²) in [4.78, 5) is 2.16. The zero-order valence-corrected chi connectivity index (χ0v) is 12.6. The van der Waals surface area contributed by atoms with Gasteiger partial charge in [-0.3, -0.25) is 4.31 Å². The Hall–Kier alpha value is -1.11. The average molecular weight is 295 g/mol. The van der Waals surface area contributed by atoms with E-state index in [1.165, 1.54) is 0 Å². The Morgan fingerprint density at radius 3 is 2.45 bits per heavy atom. The number of likely N-dealkylation sites (N-methyl/N-ethyl adjacent to an activating group) is 1. The Morgan fingerprint density at radius 2 is 1.70 bits per heavy atom. The van der Waals surface area contributed by atoms with E-state index in [-0.39, 0.29) is 0 Å². The summed E-state index contributed by atoms with van der Waals surface area (Å²) in [6.45, 7) is 3.35. The number of hydrogen-bond donors (Lipinski definition) is 0. The summed E-state index contributed by atoms with van der Waals surface area (Å²) in [5.74, 6) is 0. The van der Waals surface area contributed by atoms with Gasteiger partial charge in [0.05, 0.1) is 5.69 Å². The second-order valence-electron chi connectivity index (χ2n) is 5.51. The minimum Gasteiger partial charge on any atom is -0.304 e. The fourth-order valence-corrected chi connectivity index (χ4v) is 4.59. The van der Waals surface area contributed by atoms with Gasteiger partial charge in [-0.1, -0.05) is 18.2 Å². The van der Waals surface area contributed by atoms with Crippen LogP contribution in [0.3, 0.4) is 0 Å². The van der Waals surface area contributed by atoms with Gasteiger partial charge in [0.2, 0.25) is 0 Å². The third kappa shape index (κ3) is 2.43. The van der Waals surface area contributed by atoms with Gasteiger partial charge in [0, 0.05) is 32.7 Å². The summed E-state index contributed by atoms with van der Waals surface area (Å²) in [5, 5.41) is 0. The first-order valence-electron chi connectivity index (χ1n) is 7.13. The van der Waals surface area contributed by atoms with Crippen molar-refractivity contribution in [1.82, 2.24) is 9.21 Å². The van der Waals surface area contributed by atoms with E-state index in [4.69, 9.17) is 0 Å². The van der Waals surface area contributed by atoms with E-state index in [1.807, 2.05) is 31.3 Å². The molecule has 0 saturated carbocycles. The summed E-state index contributed by atoms with van der Waals surface area (Å²) < 4.78 is 28.9. The summed E-state index contributed by atoms with van der Waals surface area (Å²) in [7, 11) is -1.35. The van der Waals surface area contributed by atoms with Crippen molar-refractivity contribution in [2.75, 3.05) is 44.1 Å². The quantitative estimate of drug-likeness (QED) is 0.815. The van der Waals surface area contributed by atoms with Gasteiger partial charge in [-0.15, -0.1) is 0 Å². The van der Waals surface area contributed by atoms with Crippen molar-refractivity contribution in [1.29, 1.82) is 0 Å². The number of fused-ring (bicyclic) bond motifs is 1. The van der Waals surface area contributed by atoms with Crippen LogP contribution in [0.2, 0.25) is 0 Å². The second kappa shape index (κ2) is 5.35. The van der Waals surface area contributed by atoms with Crippen LogP contribution in [-0.2, 0) is 16.6 Å². The Morgan fingerprint density at radius 1 is 1.00 bits per heavy atom. The van der Waals surface area contributed by atoms with Gasteiger partial charge in [-0.25, -0.2) is 0 Å². The van der Waals surface area contributed by atoms with Gasteiger partial charge in [-0.05, 0) is 31.5 Å². The average Bonchev–Trinajstić information content (AvgIpc) is 2.47. The first kappa shape index (κ1) is 13.9. The lowest BCUT2D eigenvalue weighted by atomic mass is 10.0. The maximum absolute atomic E-state index is 12.8. The van der Waals surface area contributed by atoms with Crippen LogP contribution in [0.4, 0.5) is 5.69 Å². The molecule has 2 aliphatic heterocycles. The van der Waals surface area contributed by atoms with E-state index in [0.29, 0.717) is 19.6 Å². The SMILES string of the molecule is CN1CCN(S(=O)(=O)N2CCCc3ccccc32)CC1. The lowest BCUT2D eigenvalue weighted by molar-refractivity contribution is 0.222. The van der Waals surface area contributed by atoms with E-state index in [1.54, 1.807) is 8.61 Å². The molecule has 2 heterocycles. The minimum atomic E-state index is -3.38. The van der Waals surface area contributed by atoms with E-state index in [0.717, 1.165) is 37.2 Å². The Bertz CT molecular complexity index is 580. The van der Waals surface area contributed by atoms with Crippen molar-refractivity contribution in [3.63, 3.8) is 0 Å². The molecule has 0 N–H and O–H groups in total. The maximum Gasteiger partial charge on any atom is 0.304 e. The lowest BCUT2D eigenvalue weighted by Crippen LogP contribution is -2.53. The molecule has 0 spiro atoms. The third-order valence-corrected chi connectivity index (χ3v) is 6.09. The molecule has 0 atom stereocenters. The zero-order valence-electron chi connectivity index (χ0n) is 11.8. The zero-order chi connectivity index (χ0) is 14.2. The molecule has 1 saturated heterocycles. The van der Waals surface area contributed by atoms with Gasteiger partial charge in [-0.2, -0.15) is 12.7 Å². The van der Waals surface area contributed by atoms with Crippen molar-refractivity contribution >= 4 is 15.9 Å². The number of nitrogens with zero attached hydrogens (tertiary/aromatic N) is 3. The molecule has 0 aromatic heterocycles. The van der Waals surface area contributed by atoms with Crippen LogP contribution in [-0.4, -0.2) is 57.4 Å². The highest BCUT2D eigenvalue weighted by molar-refractivity contribution is 7.90. The molecule has 1 fully saturated rings. The third-order valence-electron chi connectivity index (χ3n) is 4.13. The van der Waals surface area contributed by atoms with Crippen LogP contribution >= 0.6 is 0 Å². The van der Waals surface area contributed by atoms with Crippen LogP contribution in [0.5, 0.6) is 0 Å². The van der Waals surface area contributed by atoms with Gasteiger partial charge in [0.25, 0.3) is 0 Å². The van der Waals surface area contributed by atoms with Crippen molar-refractivity contribution in [3.8, 4) is 0 Å². The Kier molecular flexibility index (Phi) is 3.70. The fraction of sp³-hybridized carbons (Fsp3) is 0.571. The molecule has 0 aliphatic carbocycles. The van der Waals surface area contributed by atoms with Crippen molar-refractivity contribution in [3.05, 3.63) is 29.8 Å². The van der Waals surface area contributed by atoms with Crippen LogP contribution in [0.15, 0.2) is 24.3 Å². The molecule has 0 bridgehead atoms. The summed E-state index contributed by atoms with van der Waals surface area (Å²) in [6.07, 6.45) is 1.86. The molecule has 110 valence electrons. The van der Waals surface area contributed by atoms with Crippen LogP contribution in [0.1, 0.15) is 12.0 Å². The molecule has 0 unspecified atom stereocenters. The first-order valence-corrected chi connectivity index (χ1v) is 8.53. The number of anilines is 1. The summed E-state index contributed by atoms with van der Waals surface area (Å²) >= 11 is 0. The molecular weight excluding hydrogens is 274 g/mol. The topological polar surface area (TPSA) is 43.9 Å². The van der Waals surface area contributed by atoms with Crippen LogP contribution in [0, 0.1) is 0 Å². The van der Waals surface area contributed by atoms with E-state index in [9.17, 15) is 8.42 Å². The summed E-state index contributed by atoms with van der Waals surface area (Å²) in [6, 6.07) is 7.84. The smallest absolute Gasteiger partial charge is 0.304 e. The van der Waals surface area contributed by atoms with Crippen molar-refractivity contribution < 1.29 is 8.42 Å². The Labute approximate surface area is 121 Å². The first-order chi connectivity index (χ1) is 9.59. The molecule has 20 heavy (non-hydrogen) atoms.